The predicted molar refractivity (Wildman–Crippen MR) is 111 cm³/mol. The van der Waals surface area contributed by atoms with Gasteiger partial charge in [0.1, 0.15) is 11.6 Å². The number of benzene rings is 2. The Hall–Kier alpha value is -3.21. The lowest BCUT2D eigenvalue weighted by molar-refractivity contribution is -0.307. The molecule has 2 aromatic carbocycles. The Morgan fingerprint density at radius 2 is 1.71 bits per heavy atom. The summed E-state index contributed by atoms with van der Waals surface area (Å²) in [6.45, 7) is 3.24. The zero-order valence-corrected chi connectivity index (χ0v) is 18.4. The first kappa shape index (κ1) is 23.5. The van der Waals surface area contributed by atoms with Gasteiger partial charge in [-0.1, -0.05) is 13.8 Å². The number of carbonyl (C=O) groups is 1. The molecule has 1 spiro atoms. The zero-order valence-electron chi connectivity index (χ0n) is 18.4. The summed E-state index contributed by atoms with van der Waals surface area (Å²) in [5.41, 5.74) is -5.37. The third kappa shape index (κ3) is 3.03. The van der Waals surface area contributed by atoms with Crippen LogP contribution in [0.5, 0.6) is 5.75 Å². The van der Waals surface area contributed by atoms with E-state index < -0.39 is 64.6 Å². The quantitative estimate of drug-likeness (QED) is 0.445. The topological polar surface area (TPSA) is 71.7 Å². The van der Waals surface area contributed by atoms with Gasteiger partial charge in [-0.2, -0.15) is 13.2 Å². The van der Waals surface area contributed by atoms with E-state index in [0.29, 0.717) is 0 Å². The molecule has 1 saturated carbocycles. The number of aromatic nitrogens is 1. The van der Waals surface area contributed by atoms with E-state index >= 15 is 0 Å². The molecule has 2 N–H and O–H groups in total. The van der Waals surface area contributed by atoms with Crippen molar-refractivity contribution in [3.63, 3.8) is 0 Å². The van der Waals surface area contributed by atoms with Crippen LogP contribution >= 0.6 is 0 Å². The number of nitrogens with zero attached hydrogens (tertiary/aromatic N) is 1. The summed E-state index contributed by atoms with van der Waals surface area (Å²) in [4.78, 5) is 11.7. The highest BCUT2D eigenvalue weighted by molar-refractivity contribution is 5.95. The van der Waals surface area contributed by atoms with E-state index in [9.17, 15) is 41.4 Å². The number of halogens is 6. The van der Waals surface area contributed by atoms with Crippen molar-refractivity contribution in [1.82, 2.24) is 4.57 Å². The number of alkyl halides is 3. The second-order valence-electron chi connectivity index (χ2n) is 9.88. The van der Waals surface area contributed by atoms with Crippen molar-refractivity contribution in [2.24, 2.45) is 5.41 Å². The van der Waals surface area contributed by atoms with Crippen LogP contribution < -0.4 is 0 Å². The van der Waals surface area contributed by atoms with Gasteiger partial charge in [-0.25, -0.2) is 13.2 Å². The van der Waals surface area contributed by atoms with E-state index in [0.717, 1.165) is 24.3 Å². The van der Waals surface area contributed by atoms with Gasteiger partial charge in [0.2, 0.25) is 0 Å². The van der Waals surface area contributed by atoms with Crippen molar-refractivity contribution in [2.75, 3.05) is 6.61 Å². The van der Waals surface area contributed by atoms with Crippen molar-refractivity contribution in [1.29, 1.82) is 0 Å². The Balaban J connectivity index is 1.87. The van der Waals surface area contributed by atoms with E-state index in [1.807, 2.05) is 0 Å². The Morgan fingerprint density at radius 3 is 2.29 bits per heavy atom. The minimum atomic E-state index is -5.08. The average Bonchev–Trinajstić information content (AvgIpc) is 3.05. The Labute approximate surface area is 194 Å². The van der Waals surface area contributed by atoms with Crippen molar-refractivity contribution >= 4 is 16.9 Å². The van der Waals surface area contributed by atoms with Gasteiger partial charge in [0, 0.05) is 52.7 Å². The van der Waals surface area contributed by atoms with Crippen molar-refractivity contribution in [3.05, 3.63) is 59.0 Å². The second kappa shape index (κ2) is 6.93. The van der Waals surface area contributed by atoms with E-state index in [4.69, 9.17) is 4.74 Å². The minimum absolute atomic E-state index is 0.00343. The first-order valence-corrected chi connectivity index (χ1v) is 10.6. The van der Waals surface area contributed by atoms with Crippen molar-refractivity contribution < 1.29 is 46.1 Å². The number of hydrogen-bond donors (Lipinski definition) is 2. The highest BCUT2D eigenvalue weighted by Crippen LogP contribution is 2.67. The van der Waals surface area contributed by atoms with Gasteiger partial charge in [-0.3, -0.25) is 4.79 Å². The molecule has 0 atom stereocenters. The zero-order chi connectivity index (χ0) is 25.7. The molecule has 0 bridgehead atoms. The van der Waals surface area contributed by atoms with E-state index in [2.05, 4.69) is 0 Å². The summed E-state index contributed by atoms with van der Waals surface area (Å²) < 4.78 is 91.1. The molecule has 5 nitrogen and oxygen atoms in total. The SMILES string of the molecule is CC1(C)COC2(CC(C(=O)O)(C(F)(F)F)C2)c2c1n(-c1ccc(F)c(F)c1)c1cc(F)cc(O)c21. The van der Waals surface area contributed by atoms with Gasteiger partial charge in [-0.05, 0) is 18.2 Å². The van der Waals surface area contributed by atoms with Crippen LogP contribution in [0.2, 0.25) is 0 Å². The summed E-state index contributed by atoms with van der Waals surface area (Å²) in [6, 6.07) is 4.72. The van der Waals surface area contributed by atoms with Crippen molar-refractivity contribution in [2.45, 2.75) is 43.9 Å². The monoisotopic (exact) mass is 499 g/mol. The summed E-state index contributed by atoms with van der Waals surface area (Å²) in [6.07, 6.45) is -7.00. The van der Waals surface area contributed by atoms with Crippen LogP contribution in [0, 0.1) is 22.9 Å². The van der Waals surface area contributed by atoms with Crippen LogP contribution in [0.4, 0.5) is 26.3 Å². The summed E-state index contributed by atoms with van der Waals surface area (Å²) in [5.74, 6) is -5.86. The van der Waals surface area contributed by atoms with Crippen LogP contribution in [0.1, 0.15) is 37.9 Å². The first-order chi connectivity index (χ1) is 16.1. The first-order valence-electron chi connectivity index (χ1n) is 10.6. The minimum Gasteiger partial charge on any atom is -0.507 e. The molecule has 1 fully saturated rings. The highest BCUT2D eigenvalue weighted by Gasteiger charge is 2.75. The number of phenols is 1. The molecule has 0 unspecified atom stereocenters. The molecule has 2 heterocycles. The van der Waals surface area contributed by atoms with E-state index in [1.54, 1.807) is 13.8 Å². The molecule has 1 aliphatic heterocycles. The van der Waals surface area contributed by atoms with Gasteiger partial charge in [-0.15, -0.1) is 0 Å². The lowest BCUT2D eigenvalue weighted by Gasteiger charge is -2.57. The maximum atomic E-state index is 14.4. The smallest absolute Gasteiger partial charge is 0.405 e. The van der Waals surface area contributed by atoms with Gasteiger partial charge >= 0.3 is 12.1 Å². The van der Waals surface area contributed by atoms with Crippen LogP contribution in [-0.2, 0) is 20.5 Å². The van der Waals surface area contributed by atoms with E-state index in [-0.39, 0.29) is 34.5 Å². The Bertz CT molecular complexity index is 1400. The fraction of sp³-hybridized carbons (Fsp3) is 0.375. The van der Waals surface area contributed by atoms with Gasteiger partial charge < -0.3 is 19.5 Å². The number of fused-ring (bicyclic) bond motifs is 4. The number of aromatic hydroxyl groups is 1. The molecular formula is C24H19F6NO4. The molecular weight excluding hydrogens is 480 g/mol. The maximum absolute atomic E-state index is 14.4. The molecule has 5 rings (SSSR count). The number of carboxylic acids is 1. The third-order valence-corrected chi connectivity index (χ3v) is 7.11. The fourth-order valence-corrected chi connectivity index (χ4v) is 5.47. The van der Waals surface area contributed by atoms with Crippen LogP contribution in [-0.4, -0.2) is 33.5 Å². The van der Waals surface area contributed by atoms with Crippen molar-refractivity contribution in [3.8, 4) is 11.4 Å². The molecule has 0 amide bonds. The third-order valence-electron chi connectivity index (χ3n) is 7.11. The predicted octanol–water partition coefficient (Wildman–Crippen LogP) is 5.68. The molecule has 186 valence electrons. The highest BCUT2D eigenvalue weighted by atomic mass is 19.4. The Morgan fingerprint density at radius 1 is 1.06 bits per heavy atom. The standard InChI is InChI=1S/C24H19F6NO4/c1-21(2)10-35-23(8-22(9-23,20(33)34)24(28,29)30)18-17-15(5-11(25)6-16(17)32)31(19(18)21)12-3-4-13(26)14(27)7-12/h3-7,32H,8-10H2,1-2H3,(H,33,34). The fourth-order valence-electron chi connectivity index (χ4n) is 5.47. The number of carboxylic acid groups (broad SMARTS) is 1. The Kier molecular flexibility index (Phi) is 4.66. The summed E-state index contributed by atoms with van der Waals surface area (Å²) in [7, 11) is 0. The normalized spacial score (nSPS) is 25.5. The van der Waals surface area contributed by atoms with Gasteiger partial charge in [0.25, 0.3) is 0 Å². The molecule has 35 heavy (non-hydrogen) atoms. The lowest BCUT2D eigenvalue weighted by Crippen LogP contribution is -2.64. The van der Waals surface area contributed by atoms with Crippen LogP contribution in [0.25, 0.3) is 16.6 Å². The van der Waals surface area contributed by atoms with Crippen LogP contribution in [0.15, 0.2) is 30.3 Å². The molecule has 2 aliphatic rings. The summed E-state index contributed by atoms with van der Waals surface area (Å²) in [5, 5.41) is 20.1. The largest absolute Gasteiger partial charge is 0.507 e. The number of ether oxygens (including phenoxy) is 1. The number of aliphatic carboxylic acids is 1. The molecule has 1 aliphatic carbocycles. The molecule has 3 aromatic rings. The average molecular weight is 499 g/mol. The molecule has 0 radical (unpaired) electrons. The molecule has 1 aromatic heterocycles. The molecule has 0 saturated heterocycles. The lowest BCUT2D eigenvalue weighted by atomic mass is 9.54. The van der Waals surface area contributed by atoms with Gasteiger partial charge in [0.05, 0.1) is 17.7 Å². The number of hydrogen-bond acceptors (Lipinski definition) is 3. The van der Waals surface area contributed by atoms with Crippen LogP contribution in [0.3, 0.4) is 0 Å². The van der Waals surface area contributed by atoms with Gasteiger partial charge in [0.15, 0.2) is 17.0 Å². The number of phenolic OH excluding ortho intramolecular Hbond substituents is 1. The maximum Gasteiger partial charge on any atom is 0.405 e. The molecule has 11 heteroatoms. The summed E-state index contributed by atoms with van der Waals surface area (Å²) >= 11 is 0. The second-order valence-corrected chi connectivity index (χ2v) is 9.88. The number of rotatable bonds is 2. The van der Waals surface area contributed by atoms with E-state index in [1.165, 1.54) is 10.6 Å².